The summed E-state index contributed by atoms with van der Waals surface area (Å²) in [7, 11) is 0. The monoisotopic (exact) mass is 984 g/mol. The van der Waals surface area contributed by atoms with E-state index in [4.69, 9.17) is 14.7 Å². The number of carbonyl (C=O) groups excluding carboxylic acids is 3. The summed E-state index contributed by atoms with van der Waals surface area (Å²) in [6, 6.07) is 17.6. The van der Waals surface area contributed by atoms with Crippen molar-refractivity contribution in [2.24, 2.45) is 0 Å². The summed E-state index contributed by atoms with van der Waals surface area (Å²) >= 11 is 6.60. The number of anilines is 2. The van der Waals surface area contributed by atoms with Gasteiger partial charge in [0, 0.05) is 77.0 Å². The van der Waals surface area contributed by atoms with Gasteiger partial charge in [0.1, 0.15) is 25.6 Å². The van der Waals surface area contributed by atoms with Crippen LogP contribution >= 0.6 is 45.3 Å². The van der Waals surface area contributed by atoms with E-state index in [-0.39, 0.29) is 36.0 Å². The van der Waals surface area contributed by atoms with Crippen LogP contribution in [-0.2, 0) is 27.2 Å². The number of thiophene rings is 2. The Morgan fingerprint density at radius 2 is 1.21 bits per heavy atom. The number of thiazole rings is 2. The van der Waals surface area contributed by atoms with Crippen LogP contribution in [0.1, 0.15) is 135 Å². The van der Waals surface area contributed by atoms with Gasteiger partial charge in [0.05, 0.1) is 26.5 Å². The molecule has 16 heteroatoms. The molecule has 2 aliphatic heterocycles. The minimum absolute atomic E-state index is 0.0264. The first-order valence-corrected chi connectivity index (χ1v) is 27.1. The number of aromatic nitrogens is 2. The Morgan fingerprint density at radius 1 is 0.731 bits per heavy atom. The number of carbonyl (C=O) groups is 3. The molecule has 6 aromatic rings. The van der Waals surface area contributed by atoms with Crippen molar-refractivity contribution in [3.05, 3.63) is 69.4 Å². The van der Waals surface area contributed by atoms with E-state index in [9.17, 15) is 14.4 Å². The molecule has 0 fully saturated rings. The fraction of sp³-hybridized carbons (Fsp3) is 0.510. The van der Waals surface area contributed by atoms with Gasteiger partial charge in [0.2, 0.25) is 11.8 Å². The van der Waals surface area contributed by atoms with Crippen LogP contribution in [0.2, 0.25) is 0 Å². The number of benzene rings is 2. The molecule has 0 bridgehead atoms. The molecule has 4 unspecified atom stereocenters. The molecule has 5 N–H and O–H groups in total. The lowest BCUT2D eigenvalue weighted by molar-refractivity contribution is -0.116. The fourth-order valence-corrected chi connectivity index (χ4v) is 13.4. The molecule has 4 aromatic heterocycles. The van der Waals surface area contributed by atoms with E-state index in [2.05, 4.69) is 99.3 Å². The largest absolute Gasteiger partial charge is 0.444 e. The lowest BCUT2D eigenvalue weighted by Crippen LogP contribution is -2.46. The number of para-hydroxylation sites is 2. The second kappa shape index (κ2) is 22.0. The van der Waals surface area contributed by atoms with Crippen LogP contribution in [0, 0.1) is 0 Å². The summed E-state index contributed by atoms with van der Waals surface area (Å²) in [5.41, 5.74) is 6.02. The summed E-state index contributed by atoms with van der Waals surface area (Å²) < 4.78 is 8.03. The van der Waals surface area contributed by atoms with E-state index in [1.165, 1.54) is 15.1 Å². The van der Waals surface area contributed by atoms with Crippen LogP contribution in [0.4, 0.5) is 14.8 Å². The van der Waals surface area contributed by atoms with Gasteiger partial charge >= 0.3 is 6.09 Å². The van der Waals surface area contributed by atoms with Gasteiger partial charge < -0.3 is 31.3 Å². The number of hydrogen-bond donors (Lipinski definition) is 5. The molecule has 2 aromatic carbocycles. The van der Waals surface area contributed by atoms with Gasteiger partial charge in [-0.2, -0.15) is 0 Å². The molecule has 3 amide bonds. The van der Waals surface area contributed by atoms with Gasteiger partial charge in [0.25, 0.3) is 0 Å². The molecule has 0 aliphatic carbocycles. The third-order valence-electron chi connectivity index (χ3n) is 12.3. The number of hydrogen-bond acceptors (Lipinski definition) is 13. The quantitative estimate of drug-likeness (QED) is 0.0719. The minimum Gasteiger partial charge on any atom is -0.444 e. The Labute approximate surface area is 412 Å². The predicted octanol–water partition coefficient (Wildman–Crippen LogP) is 12.3. The Hall–Kier alpha value is -4.29. The zero-order valence-corrected chi connectivity index (χ0v) is 44.1. The van der Waals surface area contributed by atoms with Crippen molar-refractivity contribution < 1.29 is 19.1 Å². The highest BCUT2D eigenvalue weighted by molar-refractivity contribution is 7.23. The summed E-state index contributed by atoms with van der Waals surface area (Å²) in [5.74, 6) is 0.0295. The van der Waals surface area contributed by atoms with E-state index in [0.717, 1.165) is 76.6 Å². The first kappa shape index (κ1) is 50.6. The highest BCUT2D eigenvalue weighted by atomic mass is 32.1. The Balaban J connectivity index is 0.000000203. The Morgan fingerprint density at radius 3 is 1.69 bits per heavy atom. The topological polar surface area (TPSA) is 150 Å². The maximum absolute atomic E-state index is 13.1. The van der Waals surface area contributed by atoms with E-state index in [1.54, 1.807) is 45.3 Å². The van der Waals surface area contributed by atoms with Crippen molar-refractivity contribution in [3.63, 3.8) is 0 Å². The molecule has 360 valence electrons. The number of nitrogens with one attached hydrogen (secondary N) is 5. The minimum atomic E-state index is -0.569. The van der Waals surface area contributed by atoms with Crippen LogP contribution in [0.15, 0.2) is 48.5 Å². The second-order valence-electron chi connectivity index (χ2n) is 19.0. The first-order chi connectivity index (χ1) is 31.9. The third-order valence-corrected chi connectivity index (χ3v) is 17.1. The van der Waals surface area contributed by atoms with Gasteiger partial charge in [-0.05, 0) is 123 Å². The zero-order chi connectivity index (χ0) is 48.2. The van der Waals surface area contributed by atoms with E-state index in [1.807, 2.05) is 56.9 Å². The van der Waals surface area contributed by atoms with Crippen LogP contribution in [0.5, 0.6) is 0 Å². The fourth-order valence-electron chi connectivity index (χ4n) is 8.60. The van der Waals surface area contributed by atoms with Gasteiger partial charge in [-0.15, -0.1) is 45.3 Å². The number of fused-ring (bicyclic) bond motifs is 4. The maximum Gasteiger partial charge on any atom is 0.411 e. The van der Waals surface area contributed by atoms with E-state index in [0.29, 0.717) is 50.5 Å². The van der Waals surface area contributed by atoms with Crippen molar-refractivity contribution in [1.29, 1.82) is 0 Å². The van der Waals surface area contributed by atoms with Crippen LogP contribution < -0.4 is 26.6 Å². The molecule has 6 heterocycles. The third kappa shape index (κ3) is 12.1. The highest BCUT2D eigenvalue weighted by Crippen LogP contribution is 2.51. The lowest BCUT2D eigenvalue weighted by Gasteiger charge is -2.39. The first-order valence-electron chi connectivity index (χ1n) is 23.8. The standard InChI is InChI=1S/C28H38N4O3S2.C23H30N4OS2/c1-8-16(2)29-14-13-22(33)31-26-23(25-30-20-11-9-10-12-21(20)36-25)19-15-17(3)32(18(4)24(19)37-26)27(34)35-28(5,6)7;1-5-13(2)24-11-10-19(28)27-23-20(16-12-14(3)25-15(4)21(16)30-23)22-26-17-8-6-7-9-18(17)29-22/h9-12,16-18,29H,8,13-15H2,1-7H3,(H,31,33);6-9,13-15,24-25H,5,10-12H2,1-4H3,(H,27,28)/t16-,17?,18?;13-,14?,15?/m00/s1. The zero-order valence-electron chi connectivity index (χ0n) is 40.8. The molecule has 6 atom stereocenters. The van der Waals surface area contributed by atoms with Crippen molar-refractivity contribution in [2.45, 2.75) is 157 Å². The molecule has 8 rings (SSSR count). The number of amides is 3. The Kier molecular flexibility index (Phi) is 16.6. The molecular weight excluding hydrogens is 917 g/mol. The lowest BCUT2D eigenvalue weighted by atomic mass is 9.93. The molecule has 0 saturated heterocycles. The van der Waals surface area contributed by atoms with Gasteiger partial charge in [-0.25, -0.2) is 14.8 Å². The van der Waals surface area contributed by atoms with Crippen LogP contribution in [-0.4, -0.2) is 75.6 Å². The number of rotatable bonds is 14. The maximum atomic E-state index is 13.1. The molecular formula is C51H68N8O4S4. The summed E-state index contributed by atoms with van der Waals surface area (Å²) in [5, 5.41) is 20.5. The number of ether oxygens (including phenoxy) is 1. The average Bonchev–Trinajstić information content (AvgIpc) is 4.05. The normalized spacial score (nSPS) is 19.0. The molecule has 12 nitrogen and oxygen atoms in total. The average molecular weight is 985 g/mol. The van der Waals surface area contributed by atoms with Crippen molar-refractivity contribution in [3.8, 4) is 21.1 Å². The Bertz CT molecular complexity index is 2610. The molecule has 0 saturated carbocycles. The SMILES string of the molecule is CC[C@H](C)NCCC(=O)Nc1sc2c(c1-c1nc3ccccc3s1)CC(C)N(C(=O)OC(C)(C)C)C2C.CC[C@H](C)NCCC(=O)Nc1sc2c(c1-c1nc3ccccc3s1)CC(C)NC2C. The van der Waals surface area contributed by atoms with Crippen LogP contribution in [0.3, 0.4) is 0 Å². The predicted molar refractivity (Wildman–Crippen MR) is 282 cm³/mol. The van der Waals surface area contributed by atoms with Gasteiger partial charge in [-0.1, -0.05) is 38.1 Å². The summed E-state index contributed by atoms with van der Waals surface area (Å²) in [6.45, 7) is 24.0. The van der Waals surface area contributed by atoms with Gasteiger partial charge in [-0.3, -0.25) is 14.5 Å². The smallest absolute Gasteiger partial charge is 0.411 e. The molecule has 0 radical (unpaired) electrons. The summed E-state index contributed by atoms with van der Waals surface area (Å²) in [4.78, 5) is 52.9. The number of nitrogens with zero attached hydrogens (tertiary/aromatic N) is 3. The van der Waals surface area contributed by atoms with Crippen molar-refractivity contribution in [2.75, 3.05) is 23.7 Å². The second-order valence-corrected chi connectivity index (χ2v) is 23.2. The van der Waals surface area contributed by atoms with E-state index >= 15 is 0 Å². The molecule has 2 aliphatic rings. The molecule has 67 heavy (non-hydrogen) atoms. The molecule has 0 spiro atoms. The summed E-state index contributed by atoms with van der Waals surface area (Å²) in [6.07, 6.45) is 4.25. The van der Waals surface area contributed by atoms with Gasteiger partial charge in [0.15, 0.2) is 0 Å². The van der Waals surface area contributed by atoms with Crippen LogP contribution in [0.25, 0.3) is 41.6 Å². The highest BCUT2D eigenvalue weighted by Gasteiger charge is 2.40. The van der Waals surface area contributed by atoms with E-state index < -0.39 is 5.60 Å². The van der Waals surface area contributed by atoms with Crippen molar-refractivity contribution in [1.82, 2.24) is 30.8 Å². The van der Waals surface area contributed by atoms with Crippen molar-refractivity contribution >= 4 is 93.7 Å².